The first-order chi connectivity index (χ1) is 19.4. The third-order valence-electron chi connectivity index (χ3n) is 11.1. The van der Waals surface area contributed by atoms with Crippen LogP contribution in [0, 0.1) is 5.92 Å². The van der Waals surface area contributed by atoms with Gasteiger partial charge in [-0.25, -0.2) is 0 Å². The number of allylic oxidation sites excluding steroid dienone is 8. The Kier molecular flexibility index (Phi) is 5.56. The lowest BCUT2D eigenvalue weighted by molar-refractivity contribution is 0.371. The molecule has 0 N–H and O–H groups in total. The maximum atomic E-state index is 2.52. The van der Waals surface area contributed by atoms with E-state index in [1.165, 1.54) is 66.8 Å². The Labute approximate surface area is 246 Å². The summed E-state index contributed by atoms with van der Waals surface area (Å²) in [6.07, 6.45) is 18.4. The summed E-state index contributed by atoms with van der Waals surface area (Å²) in [4.78, 5) is 0. The van der Waals surface area contributed by atoms with E-state index in [4.69, 9.17) is 0 Å². The monoisotopic (exact) mass is 534 g/mol. The van der Waals surface area contributed by atoms with Gasteiger partial charge in [0.15, 0.2) is 0 Å². The molecule has 4 aliphatic rings. The maximum absolute atomic E-state index is 2.52. The molecule has 0 fully saturated rings. The average Bonchev–Trinajstić information content (AvgIpc) is 3.14. The molecule has 41 heavy (non-hydrogen) atoms. The molecule has 1 atom stereocenters. The van der Waals surface area contributed by atoms with Gasteiger partial charge >= 0.3 is 0 Å². The highest BCUT2D eigenvalue weighted by Crippen LogP contribution is 2.52. The van der Waals surface area contributed by atoms with Gasteiger partial charge in [0.25, 0.3) is 0 Å². The zero-order chi connectivity index (χ0) is 28.9. The molecule has 0 radical (unpaired) electrons. The summed E-state index contributed by atoms with van der Waals surface area (Å²) in [5.74, 6) is 0.882. The number of benzene rings is 3. The summed E-state index contributed by atoms with van der Waals surface area (Å²) >= 11 is 0. The average molecular weight is 535 g/mol. The number of rotatable bonds is 4. The summed E-state index contributed by atoms with van der Waals surface area (Å²) in [5, 5.41) is 0. The van der Waals surface area contributed by atoms with E-state index in [0.717, 1.165) is 0 Å². The Morgan fingerprint density at radius 3 is 2.12 bits per heavy atom. The highest BCUT2D eigenvalue weighted by molar-refractivity contribution is 5.82. The molecule has 0 spiro atoms. The molecule has 1 unspecified atom stereocenters. The highest BCUT2D eigenvalue weighted by Gasteiger charge is 2.39. The topological polar surface area (TPSA) is 0 Å². The third-order valence-corrected chi connectivity index (χ3v) is 11.1. The summed E-state index contributed by atoms with van der Waals surface area (Å²) in [6.45, 7) is 19.1. The molecule has 0 saturated carbocycles. The standard InChI is InChI=1S/C41H42/c1-25(2)39(3,4)29-16-19-31-32-20-17-30(24-37(32)41(7,8)36(31)23-29)40(5,6)35-21-15-28-14-13-27-11-9-10-26-12-18-33(35)38(28)34(27)22-26/h9-25,34H,1-8H3. The molecule has 7 rings (SSSR count). The van der Waals surface area contributed by atoms with Crippen molar-refractivity contribution in [3.05, 3.63) is 141 Å². The van der Waals surface area contributed by atoms with Gasteiger partial charge < -0.3 is 0 Å². The van der Waals surface area contributed by atoms with E-state index in [0.29, 0.717) is 11.8 Å². The van der Waals surface area contributed by atoms with Crippen molar-refractivity contribution in [2.24, 2.45) is 5.92 Å². The van der Waals surface area contributed by atoms with Crippen LogP contribution in [0.15, 0.2) is 96.1 Å². The van der Waals surface area contributed by atoms with Gasteiger partial charge in [-0.15, -0.1) is 0 Å². The fourth-order valence-electron chi connectivity index (χ4n) is 7.49. The van der Waals surface area contributed by atoms with Crippen LogP contribution in [0.5, 0.6) is 0 Å². The van der Waals surface area contributed by atoms with E-state index in [2.05, 4.69) is 153 Å². The normalized spacial score (nSPS) is 19.4. The minimum Gasteiger partial charge on any atom is -0.0653 e. The second-order valence-corrected chi connectivity index (χ2v) is 14.5. The summed E-state index contributed by atoms with van der Waals surface area (Å²) in [5.41, 5.74) is 16.7. The first-order valence-corrected chi connectivity index (χ1v) is 15.3. The molecule has 4 aliphatic carbocycles. The van der Waals surface area contributed by atoms with Crippen molar-refractivity contribution < 1.29 is 0 Å². The van der Waals surface area contributed by atoms with Gasteiger partial charge in [0.1, 0.15) is 0 Å². The molecular formula is C41H42. The van der Waals surface area contributed by atoms with Crippen LogP contribution in [-0.2, 0) is 16.2 Å². The lowest BCUT2D eigenvalue weighted by atomic mass is 9.70. The molecule has 206 valence electrons. The van der Waals surface area contributed by atoms with Gasteiger partial charge in [-0.1, -0.05) is 153 Å². The van der Waals surface area contributed by atoms with Gasteiger partial charge in [-0.2, -0.15) is 0 Å². The number of hydrogen-bond donors (Lipinski definition) is 0. The van der Waals surface area contributed by atoms with Crippen molar-refractivity contribution >= 4 is 12.2 Å². The predicted molar refractivity (Wildman–Crippen MR) is 177 cm³/mol. The van der Waals surface area contributed by atoms with E-state index in [-0.39, 0.29) is 16.2 Å². The van der Waals surface area contributed by atoms with Crippen molar-refractivity contribution in [1.29, 1.82) is 0 Å². The van der Waals surface area contributed by atoms with Gasteiger partial charge in [-0.3, -0.25) is 0 Å². The first kappa shape index (κ1) is 26.3. The van der Waals surface area contributed by atoms with Crippen LogP contribution >= 0.6 is 0 Å². The lowest BCUT2D eigenvalue weighted by Gasteiger charge is -2.33. The lowest BCUT2D eigenvalue weighted by Crippen LogP contribution is -2.25. The van der Waals surface area contributed by atoms with Crippen molar-refractivity contribution in [3.8, 4) is 11.1 Å². The summed E-state index contributed by atoms with van der Waals surface area (Å²) in [6, 6.07) is 19.3. The fraction of sp³-hybridized carbons (Fsp3) is 0.317. The molecule has 0 nitrogen and oxygen atoms in total. The second-order valence-electron chi connectivity index (χ2n) is 14.5. The quantitative estimate of drug-likeness (QED) is 0.312. The molecule has 0 heterocycles. The highest BCUT2D eigenvalue weighted by atomic mass is 14.4. The van der Waals surface area contributed by atoms with E-state index in [9.17, 15) is 0 Å². The summed E-state index contributed by atoms with van der Waals surface area (Å²) in [7, 11) is 0. The van der Waals surface area contributed by atoms with Crippen molar-refractivity contribution in [2.75, 3.05) is 0 Å². The Morgan fingerprint density at radius 1 is 0.732 bits per heavy atom. The second kappa shape index (κ2) is 8.68. The van der Waals surface area contributed by atoms with E-state index in [1.54, 1.807) is 0 Å². The van der Waals surface area contributed by atoms with Crippen LogP contribution in [-0.4, -0.2) is 0 Å². The van der Waals surface area contributed by atoms with Crippen molar-refractivity contribution in [3.63, 3.8) is 0 Å². The van der Waals surface area contributed by atoms with Gasteiger partial charge in [0.05, 0.1) is 0 Å². The molecule has 0 aliphatic heterocycles. The minimum atomic E-state index is -0.153. The zero-order valence-corrected chi connectivity index (χ0v) is 25.9. The van der Waals surface area contributed by atoms with Gasteiger partial charge in [-0.05, 0) is 78.1 Å². The zero-order valence-electron chi connectivity index (χ0n) is 25.9. The SMILES string of the molecule is CC(C)C(C)(C)c1ccc2c(c1)C(C)(C)c1cc(C(C)(C)c3ccc4c5c3C=CC3=CC5C(=CC=C3)C=C4)ccc1-2. The first-order valence-electron chi connectivity index (χ1n) is 15.3. The molecule has 0 aromatic heterocycles. The van der Waals surface area contributed by atoms with Crippen LogP contribution in [0.1, 0.15) is 106 Å². The van der Waals surface area contributed by atoms with Crippen LogP contribution in [0.4, 0.5) is 0 Å². The van der Waals surface area contributed by atoms with Gasteiger partial charge in [0.2, 0.25) is 0 Å². The fourth-order valence-corrected chi connectivity index (χ4v) is 7.49. The van der Waals surface area contributed by atoms with Crippen LogP contribution < -0.4 is 0 Å². The number of hydrogen-bond acceptors (Lipinski definition) is 0. The van der Waals surface area contributed by atoms with Crippen molar-refractivity contribution in [2.45, 2.75) is 77.6 Å². The van der Waals surface area contributed by atoms with Crippen LogP contribution in [0.2, 0.25) is 0 Å². The largest absolute Gasteiger partial charge is 0.0653 e. The van der Waals surface area contributed by atoms with Crippen LogP contribution in [0.3, 0.4) is 0 Å². The molecular weight excluding hydrogens is 492 g/mol. The molecule has 3 aromatic carbocycles. The minimum absolute atomic E-state index is 0.0426. The summed E-state index contributed by atoms with van der Waals surface area (Å²) < 4.78 is 0. The Balaban J connectivity index is 1.35. The van der Waals surface area contributed by atoms with Crippen LogP contribution in [0.25, 0.3) is 23.3 Å². The molecule has 0 amide bonds. The molecule has 2 bridgehead atoms. The molecule has 0 heteroatoms. The smallest absolute Gasteiger partial charge is 0.0290 e. The van der Waals surface area contributed by atoms with Crippen molar-refractivity contribution in [1.82, 2.24) is 0 Å². The van der Waals surface area contributed by atoms with E-state index >= 15 is 0 Å². The molecule has 3 aromatic rings. The Hall–Kier alpha value is -3.64. The van der Waals surface area contributed by atoms with E-state index in [1.807, 2.05) is 0 Å². The number of fused-ring (bicyclic) bond motifs is 3. The van der Waals surface area contributed by atoms with Gasteiger partial charge in [0, 0.05) is 16.7 Å². The Morgan fingerprint density at radius 2 is 1.41 bits per heavy atom. The Bertz CT molecular complexity index is 1770. The predicted octanol–water partition coefficient (Wildman–Crippen LogP) is 10.8. The van der Waals surface area contributed by atoms with E-state index < -0.39 is 0 Å². The maximum Gasteiger partial charge on any atom is 0.0290 e. The third kappa shape index (κ3) is 3.72. The molecule has 0 saturated heterocycles.